The predicted octanol–water partition coefficient (Wildman–Crippen LogP) is 2.20. The van der Waals surface area contributed by atoms with Gasteiger partial charge in [-0.25, -0.2) is 4.39 Å². The molecule has 2 rings (SSSR count). The van der Waals surface area contributed by atoms with Crippen LogP contribution in [-0.4, -0.2) is 12.2 Å². The fraction of sp³-hybridized carbons (Fsp3) is 0.455. The molecule has 1 N–H and O–H groups in total. The van der Waals surface area contributed by atoms with E-state index in [9.17, 15) is 4.39 Å². The lowest BCUT2D eigenvalue weighted by molar-refractivity contribution is 0.446. The van der Waals surface area contributed by atoms with E-state index in [2.05, 4.69) is 24.4 Å². The number of nitrogens with one attached hydrogen (secondary N) is 1. The van der Waals surface area contributed by atoms with Crippen molar-refractivity contribution < 1.29 is 4.39 Å². The van der Waals surface area contributed by atoms with Crippen molar-refractivity contribution in [2.24, 2.45) is 0 Å². The minimum Gasteiger partial charge on any atom is -0.307 e. The van der Waals surface area contributed by atoms with Gasteiger partial charge in [-0.05, 0) is 24.5 Å². The van der Waals surface area contributed by atoms with Gasteiger partial charge in [0.2, 0.25) is 0 Å². The Kier molecular flexibility index (Phi) is 2.32. The second kappa shape index (κ2) is 3.46. The van der Waals surface area contributed by atoms with Crippen molar-refractivity contribution in [2.75, 3.05) is 0 Å². The molecule has 1 aliphatic carbocycles. The molecule has 0 radical (unpaired) electrons. The number of hydrogen-bond donors (Lipinski definition) is 1. The summed E-state index contributed by atoms with van der Waals surface area (Å²) in [6.07, 6.45) is 0.0790. The van der Waals surface area contributed by atoms with Crippen LogP contribution in [-0.2, 0) is 6.54 Å². The standard InChI is InChI=1S/C11H14FN/c1-8-4-2-3-5-9(8)7-13-11-6-10(11)12/h2-5,10-11,13H,6-7H2,1H3. The number of aryl methyl sites for hydroxylation is 1. The molecule has 2 heteroatoms. The van der Waals surface area contributed by atoms with Crippen LogP contribution in [0.25, 0.3) is 0 Å². The minimum absolute atomic E-state index is 0.111. The maximum Gasteiger partial charge on any atom is 0.117 e. The van der Waals surface area contributed by atoms with Gasteiger partial charge >= 0.3 is 0 Å². The summed E-state index contributed by atoms with van der Waals surface area (Å²) in [5, 5.41) is 3.19. The summed E-state index contributed by atoms with van der Waals surface area (Å²) >= 11 is 0. The zero-order chi connectivity index (χ0) is 9.26. The summed E-state index contributed by atoms with van der Waals surface area (Å²) in [4.78, 5) is 0. The van der Waals surface area contributed by atoms with Crippen LogP contribution in [0.3, 0.4) is 0 Å². The fourth-order valence-electron chi connectivity index (χ4n) is 1.42. The highest BCUT2D eigenvalue weighted by Gasteiger charge is 2.36. The number of halogens is 1. The predicted molar refractivity (Wildman–Crippen MR) is 51.3 cm³/mol. The van der Waals surface area contributed by atoms with Gasteiger partial charge in [-0.2, -0.15) is 0 Å². The van der Waals surface area contributed by atoms with Gasteiger partial charge in [0.25, 0.3) is 0 Å². The van der Waals surface area contributed by atoms with Crippen LogP contribution >= 0.6 is 0 Å². The molecule has 13 heavy (non-hydrogen) atoms. The first-order chi connectivity index (χ1) is 6.27. The lowest BCUT2D eigenvalue weighted by atomic mass is 10.1. The van der Waals surface area contributed by atoms with Crippen molar-refractivity contribution in [1.82, 2.24) is 5.32 Å². The lowest BCUT2D eigenvalue weighted by Crippen LogP contribution is -2.18. The molecule has 1 fully saturated rings. The van der Waals surface area contributed by atoms with E-state index in [4.69, 9.17) is 0 Å². The van der Waals surface area contributed by atoms with Gasteiger partial charge < -0.3 is 5.32 Å². The first-order valence-corrected chi connectivity index (χ1v) is 4.69. The van der Waals surface area contributed by atoms with E-state index in [0.29, 0.717) is 6.42 Å². The molecule has 0 saturated heterocycles. The molecule has 1 saturated carbocycles. The molecule has 70 valence electrons. The largest absolute Gasteiger partial charge is 0.307 e. The van der Waals surface area contributed by atoms with Gasteiger partial charge in [0.05, 0.1) is 0 Å². The van der Waals surface area contributed by atoms with Crippen LogP contribution in [0.1, 0.15) is 17.5 Å². The SMILES string of the molecule is Cc1ccccc1CNC1CC1F. The Labute approximate surface area is 78.0 Å². The fourth-order valence-corrected chi connectivity index (χ4v) is 1.42. The van der Waals surface area contributed by atoms with E-state index in [-0.39, 0.29) is 6.04 Å². The third-order valence-electron chi connectivity index (χ3n) is 2.53. The van der Waals surface area contributed by atoms with Crippen LogP contribution in [0, 0.1) is 6.92 Å². The molecule has 1 aliphatic rings. The van der Waals surface area contributed by atoms with Crippen LogP contribution in [0.4, 0.5) is 4.39 Å². The van der Waals surface area contributed by atoms with Crippen molar-refractivity contribution in [2.45, 2.75) is 32.1 Å². The quantitative estimate of drug-likeness (QED) is 0.750. The van der Waals surface area contributed by atoms with E-state index in [1.54, 1.807) is 0 Å². The van der Waals surface area contributed by atoms with Crippen molar-refractivity contribution in [3.63, 3.8) is 0 Å². The van der Waals surface area contributed by atoms with Gasteiger partial charge in [-0.15, -0.1) is 0 Å². The van der Waals surface area contributed by atoms with Gasteiger partial charge in [-0.3, -0.25) is 0 Å². The maximum atomic E-state index is 12.5. The van der Waals surface area contributed by atoms with Crippen molar-refractivity contribution >= 4 is 0 Å². The first-order valence-electron chi connectivity index (χ1n) is 4.69. The Hall–Kier alpha value is -0.890. The number of rotatable bonds is 3. The maximum absolute atomic E-state index is 12.5. The Morgan fingerprint density at radius 2 is 2.15 bits per heavy atom. The molecule has 0 spiro atoms. The van der Waals surface area contributed by atoms with Gasteiger partial charge in [0.15, 0.2) is 0 Å². The molecule has 1 nitrogen and oxygen atoms in total. The second-order valence-corrected chi connectivity index (χ2v) is 3.67. The third-order valence-corrected chi connectivity index (χ3v) is 2.53. The highest BCUT2D eigenvalue weighted by atomic mass is 19.1. The normalized spacial score (nSPS) is 26.0. The first kappa shape index (κ1) is 8.70. The zero-order valence-electron chi connectivity index (χ0n) is 7.76. The lowest BCUT2D eigenvalue weighted by Gasteiger charge is -2.05. The minimum atomic E-state index is -0.607. The molecule has 0 aromatic heterocycles. The number of alkyl halides is 1. The Balaban J connectivity index is 1.90. The molecule has 0 aliphatic heterocycles. The summed E-state index contributed by atoms with van der Waals surface area (Å²) in [5.74, 6) is 0. The second-order valence-electron chi connectivity index (χ2n) is 3.67. The van der Waals surface area contributed by atoms with Crippen molar-refractivity contribution in [1.29, 1.82) is 0 Å². The van der Waals surface area contributed by atoms with Crippen LogP contribution in [0.2, 0.25) is 0 Å². The summed E-state index contributed by atoms with van der Waals surface area (Å²) < 4.78 is 12.5. The van der Waals surface area contributed by atoms with Crippen molar-refractivity contribution in [3.8, 4) is 0 Å². The highest BCUT2D eigenvalue weighted by molar-refractivity contribution is 5.25. The molecule has 2 unspecified atom stereocenters. The molecule has 2 atom stereocenters. The van der Waals surface area contributed by atoms with Gasteiger partial charge in [0.1, 0.15) is 6.17 Å². The number of hydrogen-bond acceptors (Lipinski definition) is 1. The average Bonchev–Trinajstić information content (AvgIpc) is 2.81. The highest BCUT2D eigenvalue weighted by Crippen LogP contribution is 2.25. The van der Waals surface area contributed by atoms with E-state index in [1.807, 2.05) is 12.1 Å². The van der Waals surface area contributed by atoms with E-state index < -0.39 is 6.17 Å². The molecule has 1 aromatic rings. The van der Waals surface area contributed by atoms with Gasteiger partial charge in [0, 0.05) is 12.6 Å². The topological polar surface area (TPSA) is 12.0 Å². The average molecular weight is 179 g/mol. The Morgan fingerprint density at radius 3 is 2.77 bits per heavy atom. The summed E-state index contributed by atoms with van der Waals surface area (Å²) in [6.45, 7) is 2.87. The third kappa shape index (κ3) is 2.07. The molecule has 0 amide bonds. The van der Waals surface area contributed by atoms with Gasteiger partial charge in [-0.1, -0.05) is 24.3 Å². The molecule has 0 heterocycles. The van der Waals surface area contributed by atoms with Crippen molar-refractivity contribution in [3.05, 3.63) is 35.4 Å². The zero-order valence-corrected chi connectivity index (χ0v) is 7.76. The molecular weight excluding hydrogens is 165 g/mol. The Bertz CT molecular complexity index is 298. The van der Waals surface area contributed by atoms with Crippen LogP contribution in [0.15, 0.2) is 24.3 Å². The Morgan fingerprint density at radius 1 is 1.46 bits per heavy atom. The van der Waals surface area contributed by atoms with Crippen LogP contribution < -0.4 is 5.32 Å². The smallest absolute Gasteiger partial charge is 0.117 e. The summed E-state index contributed by atoms with van der Waals surface area (Å²) in [5.41, 5.74) is 2.53. The van der Waals surface area contributed by atoms with Crippen LogP contribution in [0.5, 0.6) is 0 Å². The molecule has 1 aromatic carbocycles. The number of benzene rings is 1. The monoisotopic (exact) mass is 179 g/mol. The summed E-state index contributed by atoms with van der Waals surface area (Å²) in [7, 11) is 0. The summed E-state index contributed by atoms with van der Waals surface area (Å²) in [6, 6.07) is 8.31. The molecular formula is C11H14FN. The molecule has 0 bridgehead atoms. The van der Waals surface area contributed by atoms with E-state index >= 15 is 0 Å². The van der Waals surface area contributed by atoms with E-state index in [1.165, 1.54) is 11.1 Å². The van der Waals surface area contributed by atoms with E-state index in [0.717, 1.165) is 6.54 Å².